The van der Waals surface area contributed by atoms with Gasteiger partial charge in [-0.25, -0.2) is 4.79 Å². The Labute approximate surface area is 120 Å². The van der Waals surface area contributed by atoms with Crippen molar-refractivity contribution in [3.05, 3.63) is 40.4 Å². The second kappa shape index (κ2) is 7.41. The Balaban J connectivity index is 0.00000289. The molecular weight excluding hydrogens is 321 g/mol. The highest BCUT2D eigenvalue weighted by Gasteiger charge is 2.21. The van der Waals surface area contributed by atoms with Crippen molar-refractivity contribution >= 4 is 34.3 Å². The molecule has 100 valence electrons. The third kappa shape index (κ3) is 3.73. The molecule has 0 bridgehead atoms. The van der Waals surface area contributed by atoms with Gasteiger partial charge in [0, 0.05) is 11.6 Å². The Hall–Kier alpha value is -1.04. The molecule has 0 radical (unpaired) electrons. The molecule has 0 saturated heterocycles. The molecule has 0 aliphatic heterocycles. The van der Waals surface area contributed by atoms with Crippen LogP contribution in [0.1, 0.15) is 34.8 Å². The summed E-state index contributed by atoms with van der Waals surface area (Å²) in [5, 5.41) is 18.9. The van der Waals surface area contributed by atoms with E-state index in [0.29, 0.717) is 17.3 Å². The van der Waals surface area contributed by atoms with Gasteiger partial charge in [0.2, 0.25) is 0 Å². The number of aromatic hydroxyl groups is 1. The summed E-state index contributed by atoms with van der Waals surface area (Å²) in [5.74, 6) is -1.21. The van der Waals surface area contributed by atoms with Gasteiger partial charge in [0.1, 0.15) is 5.75 Å². The summed E-state index contributed by atoms with van der Waals surface area (Å²) in [6.45, 7) is 3.58. The first kappa shape index (κ1) is 17.0. The topological polar surface area (TPSA) is 83.6 Å². The lowest BCUT2D eigenvalue weighted by Crippen LogP contribution is -2.15. The lowest BCUT2D eigenvalue weighted by molar-refractivity contribution is 0.0694. The number of halogens is 2. The molecule has 0 spiro atoms. The Morgan fingerprint density at radius 1 is 1.56 bits per heavy atom. The number of hydrogen-bond acceptors (Lipinski definition) is 3. The van der Waals surface area contributed by atoms with Gasteiger partial charge in [-0.3, -0.25) is 0 Å². The SMILES string of the molecule is C=CCC[C@H](N)c1c(C(=O)O)ccc(Br)c1O.Cl. The van der Waals surface area contributed by atoms with E-state index in [4.69, 9.17) is 10.8 Å². The van der Waals surface area contributed by atoms with Crippen LogP contribution in [0.3, 0.4) is 0 Å². The molecule has 1 aromatic rings. The summed E-state index contributed by atoms with van der Waals surface area (Å²) in [5.41, 5.74) is 6.19. The van der Waals surface area contributed by atoms with Crippen molar-refractivity contribution in [1.82, 2.24) is 0 Å². The molecule has 0 aromatic heterocycles. The second-order valence-electron chi connectivity index (χ2n) is 3.63. The number of hydrogen-bond donors (Lipinski definition) is 3. The number of allylic oxidation sites excluding steroid dienone is 1. The van der Waals surface area contributed by atoms with Gasteiger partial charge >= 0.3 is 5.97 Å². The zero-order valence-corrected chi connectivity index (χ0v) is 12.0. The first-order valence-corrected chi connectivity index (χ1v) is 5.89. The summed E-state index contributed by atoms with van der Waals surface area (Å²) in [6, 6.07) is 2.38. The Morgan fingerprint density at radius 3 is 2.67 bits per heavy atom. The summed E-state index contributed by atoms with van der Waals surface area (Å²) in [4.78, 5) is 11.1. The summed E-state index contributed by atoms with van der Waals surface area (Å²) in [7, 11) is 0. The van der Waals surface area contributed by atoms with E-state index in [9.17, 15) is 9.90 Å². The maximum Gasteiger partial charge on any atom is 0.336 e. The average molecular weight is 337 g/mol. The number of benzene rings is 1. The van der Waals surface area contributed by atoms with E-state index in [0.717, 1.165) is 0 Å². The van der Waals surface area contributed by atoms with Gasteiger partial charge in [0.05, 0.1) is 10.0 Å². The van der Waals surface area contributed by atoms with Gasteiger partial charge in [0.15, 0.2) is 0 Å². The molecule has 1 atom stereocenters. The number of carbonyl (C=O) groups is 1. The Kier molecular flexibility index (Phi) is 6.98. The lowest BCUT2D eigenvalue weighted by Gasteiger charge is -2.16. The molecule has 0 fully saturated rings. The monoisotopic (exact) mass is 335 g/mol. The predicted molar refractivity (Wildman–Crippen MR) is 76.4 cm³/mol. The number of carboxylic acid groups (broad SMARTS) is 1. The van der Waals surface area contributed by atoms with Crippen LogP contribution < -0.4 is 5.73 Å². The average Bonchev–Trinajstić information content (AvgIpc) is 2.28. The molecule has 0 saturated carbocycles. The molecule has 0 unspecified atom stereocenters. The maximum absolute atomic E-state index is 11.1. The standard InChI is InChI=1S/C12H14BrNO3.ClH/c1-2-3-4-9(14)10-7(12(16)17)5-6-8(13)11(10)15;/h2,5-6,9,15H,1,3-4,14H2,(H,16,17);1H/t9-;/m0./s1. The Bertz CT molecular complexity index is 451. The van der Waals surface area contributed by atoms with Crippen molar-refractivity contribution in [3.8, 4) is 5.75 Å². The van der Waals surface area contributed by atoms with Crippen molar-refractivity contribution in [2.24, 2.45) is 5.73 Å². The van der Waals surface area contributed by atoms with Crippen LogP contribution in [0, 0.1) is 0 Å². The largest absolute Gasteiger partial charge is 0.506 e. The third-order valence-corrected chi connectivity index (χ3v) is 3.09. The molecule has 1 aromatic carbocycles. The van der Waals surface area contributed by atoms with Gasteiger partial charge < -0.3 is 15.9 Å². The fraction of sp³-hybridized carbons (Fsp3) is 0.250. The van der Waals surface area contributed by atoms with Crippen LogP contribution in [0.4, 0.5) is 0 Å². The van der Waals surface area contributed by atoms with Crippen molar-refractivity contribution in [3.63, 3.8) is 0 Å². The van der Waals surface area contributed by atoms with Gasteiger partial charge in [-0.2, -0.15) is 0 Å². The van der Waals surface area contributed by atoms with Gasteiger partial charge in [-0.05, 0) is 40.9 Å². The highest BCUT2D eigenvalue weighted by molar-refractivity contribution is 9.10. The molecule has 18 heavy (non-hydrogen) atoms. The molecule has 4 nitrogen and oxygen atoms in total. The smallest absolute Gasteiger partial charge is 0.336 e. The summed E-state index contributed by atoms with van der Waals surface area (Å²) < 4.78 is 0.437. The molecule has 0 heterocycles. The number of rotatable bonds is 5. The normalized spacial score (nSPS) is 11.4. The minimum atomic E-state index is -1.10. The van der Waals surface area contributed by atoms with Crippen LogP contribution >= 0.6 is 28.3 Å². The van der Waals surface area contributed by atoms with Crippen LogP contribution in [-0.2, 0) is 0 Å². The number of nitrogens with two attached hydrogens (primary N) is 1. The third-order valence-electron chi connectivity index (χ3n) is 2.45. The maximum atomic E-state index is 11.1. The highest BCUT2D eigenvalue weighted by atomic mass is 79.9. The van der Waals surface area contributed by atoms with Crippen LogP contribution in [-0.4, -0.2) is 16.2 Å². The van der Waals surface area contributed by atoms with E-state index in [1.165, 1.54) is 12.1 Å². The van der Waals surface area contributed by atoms with E-state index in [1.807, 2.05) is 0 Å². The number of phenols is 1. The summed E-state index contributed by atoms with van der Waals surface area (Å²) >= 11 is 3.15. The molecular formula is C12H15BrClNO3. The van der Waals surface area contributed by atoms with E-state index < -0.39 is 12.0 Å². The van der Waals surface area contributed by atoms with Crippen molar-refractivity contribution < 1.29 is 15.0 Å². The van der Waals surface area contributed by atoms with Crippen molar-refractivity contribution in [2.75, 3.05) is 0 Å². The fourth-order valence-electron chi connectivity index (χ4n) is 1.59. The molecule has 4 N–H and O–H groups in total. The van der Waals surface area contributed by atoms with E-state index in [-0.39, 0.29) is 29.3 Å². The van der Waals surface area contributed by atoms with Crippen LogP contribution in [0.2, 0.25) is 0 Å². The van der Waals surface area contributed by atoms with Crippen LogP contribution in [0.15, 0.2) is 29.3 Å². The van der Waals surface area contributed by atoms with Crippen LogP contribution in [0.5, 0.6) is 5.75 Å². The van der Waals surface area contributed by atoms with Crippen molar-refractivity contribution in [2.45, 2.75) is 18.9 Å². The second-order valence-corrected chi connectivity index (χ2v) is 4.49. The quantitative estimate of drug-likeness (QED) is 0.721. The number of phenolic OH excluding ortho intramolecular Hbond substituents is 1. The van der Waals surface area contributed by atoms with Gasteiger partial charge in [-0.1, -0.05) is 6.08 Å². The Morgan fingerprint density at radius 2 is 2.17 bits per heavy atom. The van der Waals surface area contributed by atoms with Gasteiger partial charge in [0.25, 0.3) is 0 Å². The molecule has 1 rings (SSSR count). The van der Waals surface area contributed by atoms with E-state index in [1.54, 1.807) is 6.08 Å². The fourth-order valence-corrected chi connectivity index (χ4v) is 1.93. The minimum absolute atomic E-state index is 0. The lowest BCUT2D eigenvalue weighted by atomic mass is 9.96. The minimum Gasteiger partial charge on any atom is -0.506 e. The number of aromatic carboxylic acids is 1. The highest BCUT2D eigenvalue weighted by Crippen LogP contribution is 2.35. The summed E-state index contributed by atoms with van der Waals surface area (Å²) in [6.07, 6.45) is 2.90. The molecule has 0 aliphatic carbocycles. The first-order chi connectivity index (χ1) is 7.99. The zero-order chi connectivity index (χ0) is 13.0. The van der Waals surface area contributed by atoms with Gasteiger partial charge in [-0.15, -0.1) is 19.0 Å². The zero-order valence-electron chi connectivity index (χ0n) is 9.60. The molecule has 6 heteroatoms. The van der Waals surface area contributed by atoms with E-state index >= 15 is 0 Å². The number of carboxylic acids is 1. The van der Waals surface area contributed by atoms with Crippen LogP contribution in [0.25, 0.3) is 0 Å². The molecule has 0 aliphatic rings. The van der Waals surface area contributed by atoms with Crippen molar-refractivity contribution in [1.29, 1.82) is 0 Å². The van der Waals surface area contributed by atoms with E-state index in [2.05, 4.69) is 22.5 Å². The predicted octanol–water partition coefficient (Wildman–Crippen LogP) is 3.24. The molecule has 0 amide bonds. The first-order valence-electron chi connectivity index (χ1n) is 5.10.